The van der Waals surface area contributed by atoms with Crippen molar-refractivity contribution in [3.05, 3.63) is 64.1 Å². The molecule has 146 valence electrons. The van der Waals surface area contributed by atoms with Gasteiger partial charge in [-0.15, -0.1) is 0 Å². The summed E-state index contributed by atoms with van der Waals surface area (Å²) < 4.78 is 44.6. The van der Waals surface area contributed by atoms with Crippen molar-refractivity contribution in [2.75, 3.05) is 5.32 Å². The van der Waals surface area contributed by atoms with E-state index in [-0.39, 0.29) is 12.0 Å². The molecule has 1 saturated carbocycles. The zero-order chi connectivity index (χ0) is 20.1. The van der Waals surface area contributed by atoms with E-state index in [0.29, 0.717) is 17.7 Å². The molecule has 1 amide bonds. The van der Waals surface area contributed by atoms with Gasteiger partial charge in [0.1, 0.15) is 0 Å². The number of hydrogen-bond donors (Lipinski definition) is 1. The maximum Gasteiger partial charge on any atom is 0.420 e. The largest absolute Gasteiger partial charge is 0.420 e. The van der Waals surface area contributed by atoms with Crippen LogP contribution in [0.15, 0.2) is 51.7 Å². The van der Waals surface area contributed by atoms with Gasteiger partial charge in [-0.25, -0.2) is 4.79 Å². The highest BCUT2D eigenvalue weighted by Crippen LogP contribution is 2.50. The van der Waals surface area contributed by atoms with Crippen molar-refractivity contribution in [2.24, 2.45) is 11.8 Å². The molecule has 1 aromatic heterocycles. The van der Waals surface area contributed by atoms with Gasteiger partial charge in [0.2, 0.25) is 5.91 Å². The molecule has 1 heterocycles. The van der Waals surface area contributed by atoms with Crippen LogP contribution in [0.3, 0.4) is 0 Å². The first-order valence-electron chi connectivity index (χ1n) is 8.79. The molecule has 0 unspecified atom stereocenters. The fourth-order valence-electron chi connectivity index (χ4n) is 3.37. The van der Waals surface area contributed by atoms with Gasteiger partial charge in [-0.1, -0.05) is 29.8 Å². The summed E-state index contributed by atoms with van der Waals surface area (Å²) in [5.41, 5.74) is 3.11. The Morgan fingerprint density at radius 3 is 2.71 bits per heavy atom. The summed E-state index contributed by atoms with van der Waals surface area (Å²) in [6.07, 6.45) is -4.55. The van der Waals surface area contributed by atoms with Crippen molar-refractivity contribution in [1.82, 2.24) is 4.57 Å². The Bertz CT molecular complexity index is 1110. The molecule has 3 aromatic rings. The molecule has 1 aliphatic carbocycles. The number of amides is 1. The number of fused-ring (bicyclic) bond motifs is 1. The van der Waals surface area contributed by atoms with Gasteiger partial charge in [0.05, 0.1) is 23.9 Å². The highest BCUT2D eigenvalue weighted by Gasteiger charge is 2.58. The fourth-order valence-corrected chi connectivity index (χ4v) is 3.37. The number of hydrogen-bond acceptors (Lipinski definition) is 3. The number of nitrogens with zero attached hydrogens (tertiary/aromatic N) is 1. The topological polar surface area (TPSA) is 64.2 Å². The number of rotatable bonds is 4. The van der Waals surface area contributed by atoms with Crippen LogP contribution >= 0.6 is 0 Å². The third-order valence-electron chi connectivity index (χ3n) is 4.91. The lowest BCUT2D eigenvalue weighted by molar-refractivity contribution is -0.153. The quantitative estimate of drug-likeness (QED) is 0.730. The van der Waals surface area contributed by atoms with Gasteiger partial charge in [-0.05, 0) is 31.0 Å². The van der Waals surface area contributed by atoms with Gasteiger partial charge in [0.25, 0.3) is 0 Å². The van der Waals surface area contributed by atoms with E-state index >= 15 is 0 Å². The molecule has 0 spiro atoms. The van der Waals surface area contributed by atoms with Crippen LogP contribution in [0.2, 0.25) is 0 Å². The molecule has 2 aromatic carbocycles. The predicted octanol–water partition coefficient (Wildman–Crippen LogP) is 4.09. The van der Waals surface area contributed by atoms with Gasteiger partial charge in [-0.2, -0.15) is 13.2 Å². The number of halogens is 3. The second kappa shape index (κ2) is 6.54. The van der Waals surface area contributed by atoms with Crippen LogP contribution in [0, 0.1) is 18.8 Å². The molecule has 4 rings (SSSR count). The minimum atomic E-state index is -4.36. The van der Waals surface area contributed by atoms with E-state index in [0.717, 1.165) is 11.1 Å². The van der Waals surface area contributed by atoms with Gasteiger partial charge in [-0.3, -0.25) is 9.36 Å². The number of oxazole rings is 1. The Morgan fingerprint density at radius 1 is 1.25 bits per heavy atom. The second-order valence-electron chi connectivity index (χ2n) is 7.11. The summed E-state index contributed by atoms with van der Waals surface area (Å²) in [5.74, 6) is -3.86. The summed E-state index contributed by atoms with van der Waals surface area (Å²) in [7, 11) is 0. The van der Waals surface area contributed by atoms with E-state index in [1.54, 1.807) is 12.1 Å². The van der Waals surface area contributed by atoms with Gasteiger partial charge < -0.3 is 9.73 Å². The van der Waals surface area contributed by atoms with Crippen molar-refractivity contribution in [3.8, 4) is 0 Å². The van der Waals surface area contributed by atoms with E-state index in [1.165, 1.54) is 10.6 Å². The van der Waals surface area contributed by atoms with Crippen molar-refractivity contribution < 1.29 is 22.4 Å². The molecule has 0 aliphatic heterocycles. The van der Waals surface area contributed by atoms with Crippen LogP contribution < -0.4 is 11.1 Å². The number of carbonyl (C=O) groups excluding carboxylic acids is 1. The van der Waals surface area contributed by atoms with Crippen molar-refractivity contribution in [1.29, 1.82) is 0 Å². The number of alkyl halides is 3. The second-order valence-corrected chi connectivity index (χ2v) is 7.11. The first-order valence-corrected chi connectivity index (χ1v) is 8.79. The van der Waals surface area contributed by atoms with E-state index in [9.17, 15) is 22.8 Å². The molecular weight excluding hydrogens is 373 g/mol. The van der Waals surface area contributed by atoms with Gasteiger partial charge >= 0.3 is 11.9 Å². The lowest BCUT2D eigenvalue weighted by Crippen LogP contribution is -2.20. The summed E-state index contributed by atoms with van der Waals surface area (Å²) in [4.78, 5) is 24.2. The lowest BCUT2D eigenvalue weighted by Gasteiger charge is -2.07. The third-order valence-corrected chi connectivity index (χ3v) is 4.91. The van der Waals surface area contributed by atoms with Crippen molar-refractivity contribution >= 4 is 22.7 Å². The van der Waals surface area contributed by atoms with Gasteiger partial charge in [0, 0.05) is 11.8 Å². The van der Waals surface area contributed by atoms with E-state index in [2.05, 4.69) is 5.32 Å². The number of benzene rings is 2. The normalized spacial score (nSPS) is 19.0. The Balaban J connectivity index is 1.54. The SMILES string of the molecule is Cc1cccc(Cn2c(=O)oc3cc(NC(=O)[C@@H]4C[C@H]4C(F)(F)F)ccc32)c1. The van der Waals surface area contributed by atoms with Crippen LogP contribution in [-0.2, 0) is 11.3 Å². The maximum atomic E-state index is 12.6. The van der Waals surface area contributed by atoms with Crippen LogP contribution in [0.25, 0.3) is 11.1 Å². The first kappa shape index (κ1) is 18.3. The van der Waals surface area contributed by atoms with E-state index in [1.807, 2.05) is 31.2 Å². The lowest BCUT2D eigenvalue weighted by atomic mass is 10.1. The molecule has 28 heavy (non-hydrogen) atoms. The van der Waals surface area contributed by atoms with Gasteiger partial charge in [0.15, 0.2) is 5.58 Å². The molecule has 2 atom stereocenters. The minimum Gasteiger partial charge on any atom is -0.408 e. The monoisotopic (exact) mass is 390 g/mol. The molecule has 0 bridgehead atoms. The van der Waals surface area contributed by atoms with Crippen LogP contribution in [0.5, 0.6) is 0 Å². The molecular formula is C20H17F3N2O3. The number of aromatic nitrogens is 1. The number of carbonyl (C=O) groups is 1. The molecule has 0 saturated heterocycles. The van der Waals surface area contributed by atoms with Crippen molar-refractivity contribution in [3.63, 3.8) is 0 Å². The minimum absolute atomic E-state index is 0.195. The third kappa shape index (κ3) is 3.54. The molecule has 1 aliphatic rings. The standard InChI is InChI=1S/C20H17F3N2O3/c1-11-3-2-4-12(7-11)10-25-16-6-5-13(8-17(16)28-19(25)27)24-18(26)14-9-15(14)20(21,22)23/h2-8,14-15H,9-10H2,1H3,(H,24,26)/t14-,15-/m1/s1. The molecule has 1 fully saturated rings. The zero-order valence-corrected chi connectivity index (χ0v) is 14.9. The van der Waals surface area contributed by atoms with E-state index < -0.39 is 29.7 Å². The highest BCUT2D eigenvalue weighted by molar-refractivity contribution is 5.96. The number of nitrogens with one attached hydrogen (secondary N) is 1. The number of anilines is 1. The maximum absolute atomic E-state index is 12.6. The summed E-state index contributed by atoms with van der Waals surface area (Å²) in [6, 6.07) is 12.3. The average Bonchev–Trinajstić information content (AvgIpc) is 3.36. The first-order chi connectivity index (χ1) is 13.2. The van der Waals surface area contributed by atoms with Crippen molar-refractivity contribution in [2.45, 2.75) is 26.1 Å². The molecule has 1 N–H and O–H groups in total. The van der Waals surface area contributed by atoms with E-state index in [4.69, 9.17) is 4.42 Å². The summed E-state index contributed by atoms with van der Waals surface area (Å²) in [5, 5.41) is 2.47. The van der Waals surface area contributed by atoms with Crippen LogP contribution in [0.4, 0.5) is 18.9 Å². The Kier molecular flexibility index (Phi) is 4.28. The molecule has 0 radical (unpaired) electrons. The Labute approximate surface area is 157 Å². The van der Waals surface area contributed by atoms with Crippen LogP contribution in [0.1, 0.15) is 17.5 Å². The molecule has 8 heteroatoms. The fraction of sp³-hybridized carbons (Fsp3) is 0.300. The molecule has 5 nitrogen and oxygen atoms in total. The van der Waals surface area contributed by atoms with Crippen LogP contribution in [-0.4, -0.2) is 16.7 Å². The predicted molar refractivity (Wildman–Crippen MR) is 97.0 cm³/mol. The number of aryl methyl sites for hydroxylation is 1. The summed E-state index contributed by atoms with van der Waals surface area (Å²) in [6.45, 7) is 2.28. The highest BCUT2D eigenvalue weighted by atomic mass is 19.4. The average molecular weight is 390 g/mol. The Morgan fingerprint density at radius 2 is 2.04 bits per heavy atom. The zero-order valence-electron chi connectivity index (χ0n) is 14.9. The summed E-state index contributed by atoms with van der Waals surface area (Å²) >= 11 is 0. The smallest absolute Gasteiger partial charge is 0.408 e. The Hall–Kier alpha value is -3.03.